The molecule has 0 saturated carbocycles. The van der Waals surface area contributed by atoms with Crippen LogP contribution in [0.15, 0.2) is 22.7 Å². The van der Waals surface area contributed by atoms with Gasteiger partial charge in [0.1, 0.15) is 11.9 Å². The Morgan fingerprint density at radius 1 is 1.60 bits per heavy atom. The van der Waals surface area contributed by atoms with Gasteiger partial charge in [-0.1, -0.05) is 22.0 Å². The third-order valence-corrected chi connectivity index (χ3v) is 4.25. The summed E-state index contributed by atoms with van der Waals surface area (Å²) in [5.74, 6) is -0.919. The maximum atomic E-state index is 14.1. The quantitative estimate of drug-likeness (QED) is 0.876. The predicted molar refractivity (Wildman–Crippen MR) is 79.7 cm³/mol. The Morgan fingerprint density at radius 3 is 2.95 bits per heavy atom. The molecule has 1 saturated heterocycles. The maximum absolute atomic E-state index is 14.1. The van der Waals surface area contributed by atoms with Crippen LogP contribution in [0.1, 0.15) is 24.4 Å². The average Bonchev–Trinajstić information content (AvgIpc) is 2.41. The lowest BCUT2D eigenvalue weighted by Crippen LogP contribution is -2.49. The molecule has 2 rings (SSSR count). The van der Waals surface area contributed by atoms with Crippen molar-refractivity contribution in [2.75, 3.05) is 20.1 Å². The molecule has 0 aliphatic carbocycles. The molecular formula is C14H19BrFN3O. The number of benzene rings is 1. The predicted octanol–water partition coefficient (Wildman–Crippen LogP) is 1.80. The number of piperidine rings is 1. The molecule has 2 unspecified atom stereocenters. The summed E-state index contributed by atoms with van der Waals surface area (Å²) in [5.41, 5.74) is 5.86. The molecule has 1 fully saturated rings. The average molecular weight is 344 g/mol. The second kappa shape index (κ2) is 6.65. The van der Waals surface area contributed by atoms with Crippen LogP contribution in [0.2, 0.25) is 0 Å². The van der Waals surface area contributed by atoms with Gasteiger partial charge in [0.2, 0.25) is 5.91 Å². The molecule has 2 atom stereocenters. The highest BCUT2D eigenvalue weighted by molar-refractivity contribution is 9.10. The van der Waals surface area contributed by atoms with Gasteiger partial charge in [0.15, 0.2) is 0 Å². The topological polar surface area (TPSA) is 58.4 Å². The fourth-order valence-electron chi connectivity index (χ4n) is 2.73. The summed E-state index contributed by atoms with van der Waals surface area (Å²) < 4.78 is 14.8. The lowest BCUT2D eigenvalue weighted by atomic mass is 9.98. The molecule has 1 aromatic rings. The number of nitrogens with zero attached hydrogens (tertiary/aromatic N) is 1. The standard InChI is InChI=1S/C14H19BrFN3O/c1-18-10-3-2-6-19(8-10)13(14(17)20)11-5-4-9(15)7-12(11)16/h4-5,7,10,13,18H,2-3,6,8H2,1H3,(H2,17,20). The van der Waals surface area contributed by atoms with Gasteiger partial charge >= 0.3 is 0 Å². The van der Waals surface area contributed by atoms with Gasteiger partial charge in [0, 0.05) is 22.6 Å². The maximum Gasteiger partial charge on any atom is 0.239 e. The molecule has 110 valence electrons. The van der Waals surface area contributed by atoms with E-state index in [1.807, 2.05) is 11.9 Å². The third-order valence-electron chi connectivity index (χ3n) is 3.75. The van der Waals surface area contributed by atoms with E-state index in [2.05, 4.69) is 21.2 Å². The highest BCUT2D eigenvalue weighted by atomic mass is 79.9. The monoisotopic (exact) mass is 343 g/mol. The number of likely N-dealkylation sites (tertiary alicyclic amines) is 1. The molecule has 6 heteroatoms. The van der Waals surface area contributed by atoms with Crippen LogP contribution in [0.4, 0.5) is 4.39 Å². The zero-order chi connectivity index (χ0) is 14.7. The summed E-state index contributed by atoms with van der Waals surface area (Å²) in [6.07, 6.45) is 2.02. The normalized spacial score (nSPS) is 21.6. The third kappa shape index (κ3) is 3.37. The van der Waals surface area contributed by atoms with Crippen molar-refractivity contribution >= 4 is 21.8 Å². The van der Waals surface area contributed by atoms with Crippen molar-refractivity contribution in [3.8, 4) is 0 Å². The second-order valence-electron chi connectivity index (χ2n) is 5.09. The van der Waals surface area contributed by atoms with E-state index in [9.17, 15) is 9.18 Å². The number of primary amides is 1. The van der Waals surface area contributed by atoms with E-state index < -0.39 is 17.8 Å². The number of carbonyl (C=O) groups excluding carboxylic acids is 1. The van der Waals surface area contributed by atoms with Crippen LogP contribution in [-0.2, 0) is 4.79 Å². The molecule has 1 aliphatic heterocycles. The van der Waals surface area contributed by atoms with Gasteiger partial charge in [0.05, 0.1) is 0 Å². The Labute approximate surface area is 126 Å². The van der Waals surface area contributed by atoms with E-state index in [4.69, 9.17) is 5.73 Å². The van der Waals surface area contributed by atoms with Crippen molar-refractivity contribution in [3.05, 3.63) is 34.1 Å². The molecular weight excluding hydrogens is 325 g/mol. The summed E-state index contributed by atoms with van der Waals surface area (Å²) in [5, 5.41) is 3.21. The minimum absolute atomic E-state index is 0.309. The largest absolute Gasteiger partial charge is 0.368 e. The van der Waals surface area contributed by atoms with Crippen LogP contribution in [0.3, 0.4) is 0 Å². The lowest BCUT2D eigenvalue weighted by Gasteiger charge is -2.37. The molecule has 1 heterocycles. The van der Waals surface area contributed by atoms with Crippen molar-refractivity contribution in [1.29, 1.82) is 0 Å². The molecule has 4 nitrogen and oxygen atoms in total. The van der Waals surface area contributed by atoms with Gasteiger partial charge in [-0.2, -0.15) is 0 Å². The van der Waals surface area contributed by atoms with E-state index in [1.54, 1.807) is 12.1 Å². The minimum atomic E-state index is -0.709. The van der Waals surface area contributed by atoms with Crippen LogP contribution in [0.25, 0.3) is 0 Å². The first-order valence-corrected chi connectivity index (χ1v) is 7.47. The van der Waals surface area contributed by atoms with Gasteiger partial charge in [-0.05, 0) is 38.6 Å². The molecule has 20 heavy (non-hydrogen) atoms. The molecule has 1 aliphatic rings. The minimum Gasteiger partial charge on any atom is -0.368 e. The second-order valence-corrected chi connectivity index (χ2v) is 6.01. The summed E-state index contributed by atoms with van der Waals surface area (Å²) in [4.78, 5) is 13.8. The van der Waals surface area contributed by atoms with Crippen LogP contribution in [-0.4, -0.2) is 37.0 Å². The molecule has 0 spiro atoms. The SMILES string of the molecule is CNC1CCCN(C(C(N)=O)c2ccc(Br)cc2F)C1. The van der Waals surface area contributed by atoms with Gasteiger partial charge in [-0.25, -0.2) is 4.39 Å². The Morgan fingerprint density at radius 2 is 2.35 bits per heavy atom. The molecule has 0 aromatic heterocycles. The van der Waals surface area contributed by atoms with Crippen molar-refractivity contribution in [1.82, 2.24) is 10.2 Å². The molecule has 3 N–H and O–H groups in total. The van der Waals surface area contributed by atoms with Crippen molar-refractivity contribution in [2.24, 2.45) is 5.73 Å². The Kier molecular flexibility index (Phi) is 5.12. The number of likely N-dealkylation sites (N-methyl/N-ethyl adjacent to an activating group) is 1. The summed E-state index contributed by atoms with van der Waals surface area (Å²) >= 11 is 3.22. The summed E-state index contributed by atoms with van der Waals surface area (Å²) in [7, 11) is 1.90. The van der Waals surface area contributed by atoms with Crippen molar-refractivity contribution in [2.45, 2.75) is 24.9 Å². The molecule has 1 aromatic carbocycles. The van der Waals surface area contributed by atoms with Gasteiger partial charge in [0.25, 0.3) is 0 Å². The number of hydrogen-bond acceptors (Lipinski definition) is 3. The first-order valence-electron chi connectivity index (χ1n) is 6.68. The van der Waals surface area contributed by atoms with Crippen LogP contribution in [0, 0.1) is 5.82 Å². The number of amides is 1. The van der Waals surface area contributed by atoms with Crippen LogP contribution >= 0.6 is 15.9 Å². The molecule has 0 bridgehead atoms. The van der Waals surface area contributed by atoms with Gasteiger partial charge < -0.3 is 11.1 Å². The number of carbonyl (C=O) groups is 1. The first-order chi connectivity index (χ1) is 9.52. The highest BCUT2D eigenvalue weighted by Gasteiger charge is 2.31. The Hall–Kier alpha value is -0.980. The zero-order valence-electron chi connectivity index (χ0n) is 11.4. The summed E-state index contributed by atoms with van der Waals surface area (Å²) in [6.45, 7) is 1.45. The number of hydrogen-bond donors (Lipinski definition) is 2. The number of rotatable bonds is 4. The van der Waals surface area contributed by atoms with Crippen molar-refractivity contribution < 1.29 is 9.18 Å². The summed E-state index contributed by atoms with van der Waals surface area (Å²) in [6, 6.07) is 4.32. The Bertz CT molecular complexity index is 497. The zero-order valence-corrected chi connectivity index (χ0v) is 13.0. The van der Waals surface area contributed by atoms with E-state index >= 15 is 0 Å². The number of halogens is 2. The number of nitrogens with one attached hydrogen (secondary N) is 1. The van der Waals surface area contributed by atoms with E-state index in [0.29, 0.717) is 22.6 Å². The van der Waals surface area contributed by atoms with Crippen LogP contribution < -0.4 is 11.1 Å². The van der Waals surface area contributed by atoms with Gasteiger partial charge in [-0.3, -0.25) is 9.69 Å². The smallest absolute Gasteiger partial charge is 0.239 e. The lowest BCUT2D eigenvalue weighted by molar-refractivity contribution is -0.124. The molecule has 0 radical (unpaired) electrons. The fourth-order valence-corrected chi connectivity index (χ4v) is 3.06. The van der Waals surface area contributed by atoms with E-state index in [1.165, 1.54) is 6.07 Å². The van der Waals surface area contributed by atoms with E-state index in [0.717, 1.165) is 19.4 Å². The van der Waals surface area contributed by atoms with Gasteiger partial charge in [-0.15, -0.1) is 0 Å². The highest BCUT2D eigenvalue weighted by Crippen LogP contribution is 2.28. The van der Waals surface area contributed by atoms with E-state index in [-0.39, 0.29) is 0 Å². The Balaban J connectivity index is 2.29. The first kappa shape index (κ1) is 15.4. The molecule has 1 amide bonds. The number of nitrogens with two attached hydrogens (primary N) is 1. The fraction of sp³-hybridized carbons (Fsp3) is 0.500. The van der Waals surface area contributed by atoms with Crippen LogP contribution in [0.5, 0.6) is 0 Å². The van der Waals surface area contributed by atoms with Crippen molar-refractivity contribution in [3.63, 3.8) is 0 Å².